The van der Waals surface area contributed by atoms with E-state index in [1.807, 2.05) is 31.2 Å². The van der Waals surface area contributed by atoms with Gasteiger partial charge in [-0.05, 0) is 31.5 Å². The van der Waals surface area contributed by atoms with Crippen LogP contribution in [0.2, 0.25) is 0 Å². The molecule has 2 N–H and O–H groups in total. The summed E-state index contributed by atoms with van der Waals surface area (Å²) in [7, 11) is 2.86. The molecule has 0 heterocycles. The van der Waals surface area contributed by atoms with E-state index >= 15 is 0 Å². The summed E-state index contributed by atoms with van der Waals surface area (Å²) < 4.78 is 9.70. The van der Waals surface area contributed by atoms with E-state index in [2.05, 4.69) is 10.1 Å². The molecule has 1 aromatic rings. The SMILES string of the molecule is COC(=O)C(C)(O)CN[C@H](C)c1cccc(OC)c1. The number of hydrogen-bond donors (Lipinski definition) is 2. The minimum Gasteiger partial charge on any atom is -0.497 e. The third-order valence-electron chi connectivity index (χ3n) is 2.97. The summed E-state index contributed by atoms with van der Waals surface area (Å²) in [4.78, 5) is 11.4. The molecule has 0 saturated heterocycles. The predicted molar refractivity (Wildman–Crippen MR) is 72.1 cm³/mol. The van der Waals surface area contributed by atoms with Crippen molar-refractivity contribution in [1.29, 1.82) is 0 Å². The average Bonchev–Trinajstić information content (AvgIpc) is 2.43. The molecule has 0 aliphatic carbocycles. The maximum absolute atomic E-state index is 11.4. The van der Waals surface area contributed by atoms with Crippen LogP contribution in [0.1, 0.15) is 25.5 Å². The highest BCUT2D eigenvalue weighted by atomic mass is 16.5. The Morgan fingerprint density at radius 3 is 2.74 bits per heavy atom. The molecular weight excluding hydrogens is 246 g/mol. The fourth-order valence-corrected chi connectivity index (χ4v) is 1.67. The van der Waals surface area contributed by atoms with Gasteiger partial charge >= 0.3 is 5.97 Å². The van der Waals surface area contributed by atoms with Crippen LogP contribution in [0, 0.1) is 0 Å². The summed E-state index contributed by atoms with van der Waals surface area (Å²) in [5, 5.41) is 13.0. The lowest BCUT2D eigenvalue weighted by atomic mass is 10.0. The van der Waals surface area contributed by atoms with Gasteiger partial charge in [-0.3, -0.25) is 0 Å². The van der Waals surface area contributed by atoms with Crippen molar-refractivity contribution in [2.45, 2.75) is 25.5 Å². The molecule has 0 radical (unpaired) electrons. The van der Waals surface area contributed by atoms with E-state index in [9.17, 15) is 9.90 Å². The standard InChI is InChI=1S/C14H21NO4/c1-10(11-6-5-7-12(8-11)18-3)15-9-14(2,17)13(16)19-4/h5-8,10,15,17H,9H2,1-4H3/t10-,14?/m1/s1. The lowest BCUT2D eigenvalue weighted by Gasteiger charge is -2.23. The maximum atomic E-state index is 11.4. The molecule has 0 saturated carbocycles. The van der Waals surface area contributed by atoms with Gasteiger partial charge in [0.15, 0.2) is 5.60 Å². The molecule has 1 rings (SSSR count). The molecule has 1 aromatic carbocycles. The quantitative estimate of drug-likeness (QED) is 0.760. The van der Waals surface area contributed by atoms with Gasteiger partial charge in [0.05, 0.1) is 14.2 Å². The van der Waals surface area contributed by atoms with Crippen molar-refractivity contribution in [3.05, 3.63) is 29.8 Å². The van der Waals surface area contributed by atoms with Crippen LogP contribution in [0.4, 0.5) is 0 Å². The third kappa shape index (κ3) is 4.22. The highest BCUT2D eigenvalue weighted by Gasteiger charge is 2.31. The second kappa shape index (κ2) is 6.54. The molecule has 0 spiro atoms. The second-order valence-corrected chi connectivity index (χ2v) is 4.64. The summed E-state index contributed by atoms with van der Waals surface area (Å²) >= 11 is 0. The van der Waals surface area contributed by atoms with Gasteiger partial charge in [0, 0.05) is 12.6 Å². The van der Waals surface area contributed by atoms with Crippen LogP contribution in [-0.2, 0) is 9.53 Å². The van der Waals surface area contributed by atoms with Gasteiger partial charge in [0.25, 0.3) is 0 Å². The largest absolute Gasteiger partial charge is 0.497 e. The normalized spacial score (nSPS) is 15.4. The number of rotatable bonds is 6. The monoisotopic (exact) mass is 267 g/mol. The van der Waals surface area contributed by atoms with Crippen LogP contribution >= 0.6 is 0 Å². The van der Waals surface area contributed by atoms with Crippen molar-refractivity contribution in [2.75, 3.05) is 20.8 Å². The number of ether oxygens (including phenoxy) is 2. The molecule has 2 atom stereocenters. The van der Waals surface area contributed by atoms with Crippen molar-refractivity contribution in [2.24, 2.45) is 0 Å². The van der Waals surface area contributed by atoms with E-state index in [4.69, 9.17) is 4.74 Å². The topological polar surface area (TPSA) is 67.8 Å². The number of benzene rings is 1. The van der Waals surface area contributed by atoms with Crippen LogP contribution in [0.3, 0.4) is 0 Å². The average molecular weight is 267 g/mol. The number of carbonyl (C=O) groups excluding carboxylic acids is 1. The molecule has 19 heavy (non-hydrogen) atoms. The summed E-state index contributed by atoms with van der Waals surface area (Å²) in [5.41, 5.74) is -0.526. The highest BCUT2D eigenvalue weighted by molar-refractivity contribution is 5.78. The van der Waals surface area contributed by atoms with Gasteiger partial charge in [-0.25, -0.2) is 4.79 Å². The van der Waals surface area contributed by atoms with E-state index in [0.717, 1.165) is 11.3 Å². The fraction of sp³-hybridized carbons (Fsp3) is 0.500. The first-order valence-corrected chi connectivity index (χ1v) is 6.09. The lowest BCUT2D eigenvalue weighted by Crippen LogP contribution is -2.46. The van der Waals surface area contributed by atoms with Gasteiger partial charge in [-0.15, -0.1) is 0 Å². The Morgan fingerprint density at radius 1 is 1.47 bits per heavy atom. The van der Waals surface area contributed by atoms with Crippen LogP contribution in [0.25, 0.3) is 0 Å². The summed E-state index contributed by atoms with van der Waals surface area (Å²) in [6.45, 7) is 3.48. The van der Waals surface area contributed by atoms with Gasteiger partial charge in [-0.1, -0.05) is 12.1 Å². The first kappa shape index (κ1) is 15.5. The molecule has 0 aliphatic heterocycles. The summed E-state index contributed by atoms with van der Waals surface area (Å²) in [6, 6.07) is 7.59. The molecule has 0 aliphatic rings. The Morgan fingerprint density at radius 2 is 2.16 bits per heavy atom. The molecule has 1 unspecified atom stereocenters. The van der Waals surface area contributed by atoms with Crippen molar-refractivity contribution < 1.29 is 19.4 Å². The lowest BCUT2D eigenvalue weighted by molar-refractivity contribution is -0.160. The zero-order valence-electron chi connectivity index (χ0n) is 11.8. The number of methoxy groups -OCH3 is 2. The molecule has 5 heteroatoms. The number of carbonyl (C=O) groups is 1. The maximum Gasteiger partial charge on any atom is 0.338 e. The predicted octanol–water partition coefficient (Wildman–Crippen LogP) is 1.27. The van der Waals surface area contributed by atoms with E-state index in [0.29, 0.717) is 0 Å². The Balaban J connectivity index is 2.64. The third-order valence-corrected chi connectivity index (χ3v) is 2.97. The van der Waals surface area contributed by atoms with E-state index < -0.39 is 11.6 Å². The molecule has 5 nitrogen and oxygen atoms in total. The zero-order valence-corrected chi connectivity index (χ0v) is 11.8. The Bertz CT molecular complexity index is 431. The Kier molecular flexibility index (Phi) is 5.32. The molecule has 106 valence electrons. The van der Waals surface area contributed by atoms with E-state index in [1.54, 1.807) is 7.11 Å². The van der Waals surface area contributed by atoms with Crippen molar-refractivity contribution >= 4 is 5.97 Å². The molecule has 0 fully saturated rings. The van der Waals surface area contributed by atoms with Crippen LogP contribution in [0.15, 0.2) is 24.3 Å². The zero-order chi connectivity index (χ0) is 14.5. The number of nitrogens with one attached hydrogen (secondary N) is 1. The van der Waals surface area contributed by atoms with Gasteiger partial charge < -0.3 is 19.9 Å². The van der Waals surface area contributed by atoms with Crippen LogP contribution < -0.4 is 10.1 Å². The number of esters is 1. The number of aliphatic hydroxyl groups is 1. The molecule has 0 amide bonds. The first-order chi connectivity index (χ1) is 8.90. The Labute approximate surface area is 113 Å². The first-order valence-electron chi connectivity index (χ1n) is 6.09. The minimum absolute atomic E-state index is 0.0220. The van der Waals surface area contributed by atoms with E-state index in [1.165, 1.54) is 14.0 Å². The van der Waals surface area contributed by atoms with E-state index in [-0.39, 0.29) is 12.6 Å². The van der Waals surface area contributed by atoms with Crippen molar-refractivity contribution in [3.8, 4) is 5.75 Å². The van der Waals surface area contributed by atoms with Crippen LogP contribution in [-0.4, -0.2) is 37.4 Å². The summed E-state index contributed by atoms with van der Waals surface area (Å²) in [6.07, 6.45) is 0. The van der Waals surface area contributed by atoms with Gasteiger partial charge in [-0.2, -0.15) is 0 Å². The van der Waals surface area contributed by atoms with Crippen molar-refractivity contribution in [3.63, 3.8) is 0 Å². The Hall–Kier alpha value is -1.59. The molecule has 0 aromatic heterocycles. The van der Waals surface area contributed by atoms with Gasteiger partial charge in [0.2, 0.25) is 0 Å². The highest BCUT2D eigenvalue weighted by Crippen LogP contribution is 2.19. The van der Waals surface area contributed by atoms with Crippen molar-refractivity contribution in [1.82, 2.24) is 5.32 Å². The van der Waals surface area contributed by atoms with Gasteiger partial charge in [0.1, 0.15) is 5.75 Å². The smallest absolute Gasteiger partial charge is 0.338 e. The number of hydrogen-bond acceptors (Lipinski definition) is 5. The minimum atomic E-state index is -1.54. The fourth-order valence-electron chi connectivity index (χ4n) is 1.67. The van der Waals surface area contributed by atoms with Crippen LogP contribution in [0.5, 0.6) is 5.75 Å². The molecular formula is C14H21NO4. The molecule has 0 bridgehead atoms. The summed E-state index contributed by atoms with van der Waals surface area (Å²) in [5.74, 6) is 0.115. The second-order valence-electron chi connectivity index (χ2n) is 4.64.